The van der Waals surface area contributed by atoms with Crippen molar-refractivity contribution in [3.8, 4) is 12.1 Å². The normalized spacial score (nSPS) is 9.33. The number of nitrogens with zero attached hydrogens (tertiary/aromatic N) is 2. The van der Waals surface area contributed by atoms with Crippen LogP contribution in [0.15, 0.2) is 12.2 Å². The Kier molecular flexibility index (Phi) is 4.18. The van der Waals surface area contributed by atoms with Crippen molar-refractivity contribution in [1.82, 2.24) is 0 Å². The highest BCUT2D eigenvalue weighted by Gasteiger charge is 1.99. The van der Waals surface area contributed by atoms with Gasteiger partial charge in [0.15, 0.2) is 0 Å². The quantitative estimate of drug-likeness (QED) is 0.520. The van der Waals surface area contributed by atoms with Gasteiger partial charge in [-0.1, -0.05) is 12.2 Å². The van der Waals surface area contributed by atoms with Gasteiger partial charge in [-0.2, -0.15) is 10.5 Å². The second-order valence-electron chi connectivity index (χ2n) is 1.62. The van der Waals surface area contributed by atoms with Crippen molar-refractivity contribution >= 4 is 0 Å². The van der Waals surface area contributed by atoms with Gasteiger partial charge in [0.05, 0.1) is 12.1 Å². The van der Waals surface area contributed by atoms with E-state index in [0.29, 0.717) is 6.42 Å². The van der Waals surface area contributed by atoms with Gasteiger partial charge in [0.2, 0.25) is 0 Å². The molecule has 0 unspecified atom stereocenters. The van der Waals surface area contributed by atoms with E-state index in [0.717, 1.165) is 0 Å². The van der Waals surface area contributed by atoms with Crippen LogP contribution in [0, 0.1) is 28.6 Å². The van der Waals surface area contributed by atoms with Crippen LogP contribution < -0.4 is 0 Å². The second-order valence-corrected chi connectivity index (χ2v) is 1.62. The third kappa shape index (κ3) is 3.32. The Morgan fingerprint density at radius 1 is 1.44 bits per heavy atom. The van der Waals surface area contributed by atoms with E-state index in [1.165, 1.54) is 0 Å². The van der Waals surface area contributed by atoms with Crippen molar-refractivity contribution in [3.05, 3.63) is 12.2 Å². The maximum atomic E-state index is 8.25. The van der Waals surface area contributed by atoms with Crippen LogP contribution in [0.1, 0.15) is 13.3 Å². The zero-order valence-corrected chi connectivity index (χ0v) is 5.33. The second kappa shape index (κ2) is 4.87. The molecule has 0 rings (SSSR count). The van der Waals surface area contributed by atoms with Gasteiger partial charge in [-0.3, -0.25) is 0 Å². The molecule has 0 radical (unpaired) electrons. The lowest BCUT2D eigenvalue weighted by atomic mass is 10.1. The Morgan fingerprint density at radius 3 is 2.33 bits per heavy atom. The summed E-state index contributed by atoms with van der Waals surface area (Å²) in [6, 6.07) is 3.75. The number of allylic oxidation sites excluding steroid dienone is 2. The lowest BCUT2D eigenvalue weighted by Gasteiger charge is -1.87. The van der Waals surface area contributed by atoms with E-state index < -0.39 is 5.92 Å². The number of rotatable bonds is 2. The summed E-state index contributed by atoms with van der Waals surface area (Å²) >= 11 is 0. The molecule has 2 nitrogen and oxygen atoms in total. The molecule has 0 fully saturated rings. The molecule has 0 N–H and O–H groups in total. The molecule has 0 aliphatic rings. The van der Waals surface area contributed by atoms with Gasteiger partial charge < -0.3 is 0 Å². The van der Waals surface area contributed by atoms with Crippen LogP contribution in [0.4, 0.5) is 0 Å². The lowest BCUT2D eigenvalue weighted by Crippen LogP contribution is -1.87. The van der Waals surface area contributed by atoms with Gasteiger partial charge in [-0.25, -0.2) is 0 Å². The number of hydrogen-bond donors (Lipinski definition) is 0. The number of nitriles is 2. The average molecular weight is 120 g/mol. The van der Waals surface area contributed by atoms with Crippen molar-refractivity contribution < 1.29 is 0 Å². The Balaban J connectivity index is 3.64. The minimum Gasteiger partial charge on any atom is -0.197 e. The van der Waals surface area contributed by atoms with Gasteiger partial charge >= 0.3 is 0 Å². The monoisotopic (exact) mass is 120 g/mol. The van der Waals surface area contributed by atoms with E-state index in [9.17, 15) is 0 Å². The average Bonchev–Trinajstić information content (AvgIpc) is 1.91. The molecule has 0 aromatic rings. The minimum absolute atomic E-state index is 0.471. The van der Waals surface area contributed by atoms with Crippen LogP contribution >= 0.6 is 0 Å². The first-order valence-corrected chi connectivity index (χ1v) is 2.75. The van der Waals surface area contributed by atoms with Crippen molar-refractivity contribution in [2.75, 3.05) is 0 Å². The third-order valence-electron chi connectivity index (χ3n) is 0.919. The fourth-order valence-electron chi connectivity index (χ4n) is 0.406. The molecule has 0 aromatic carbocycles. The number of hydrogen-bond acceptors (Lipinski definition) is 2. The first-order chi connectivity index (χ1) is 4.35. The summed E-state index contributed by atoms with van der Waals surface area (Å²) in [5, 5.41) is 16.5. The van der Waals surface area contributed by atoms with Crippen LogP contribution in [-0.2, 0) is 0 Å². The van der Waals surface area contributed by atoms with E-state index in [1.54, 1.807) is 0 Å². The molecule has 46 valence electrons. The summed E-state index contributed by atoms with van der Waals surface area (Å²) in [4.78, 5) is 0. The molecule has 0 atom stereocenters. The van der Waals surface area contributed by atoms with Gasteiger partial charge in [-0.15, -0.1) is 0 Å². The van der Waals surface area contributed by atoms with E-state index in [1.807, 2.05) is 31.2 Å². The first-order valence-electron chi connectivity index (χ1n) is 2.75. The highest BCUT2D eigenvalue weighted by atomic mass is 14.3. The maximum absolute atomic E-state index is 8.25. The molecular formula is C7H8N2. The highest BCUT2D eigenvalue weighted by Crippen LogP contribution is 1.99. The predicted octanol–water partition coefficient (Wildman–Crippen LogP) is 1.62. The molecule has 0 heterocycles. The summed E-state index contributed by atoms with van der Waals surface area (Å²) in [6.07, 6.45) is 4.20. The Hall–Kier alpha value is -1.28. The topological polar surface area (TPSA) is 47.6 Å². The highest BCUT2D eigenvalue weighted by molar-refractivity contribution is 5.02. The van der Waals surface area contributed by atoms with Gasteiger partial charge in [0.1, 0.15) is 5.92 Å². The molecule has 2 heteroatoms. The van der Waals surface area contributed by atoms with E-state index in [2.05, 4.69) is 0 Å². The largest absolute Gasteiger partial charge is 0.197 e. The molecule has 0 amide bonds. The molecule has 0 aromatic heterocycles. The summed E-state index contributed by atoms with van der Waals surface area (Å²) in [7, 11) is 0. The standard InChI is InChI=1S/C7H8N2/c1-2-3-4-7(5-8)6-9/h2-3,7H,4H2,1H3/b3-2+. The molecule has 0 saturated heterocycles. The SMILES string of the molecule is C/C=C/CC(C#N)C#N. The zero-order chi connectivity index (χ0) is 7.11. The summed E-state index contributed by atoms with van der Waals surface area (Å²) in [5.74, 6) is -0.471. The van der Waals surface area contributed by atoms with Crippen molar-refractivity contribution in [2.24, 2.45) is 5.92 Å². The van der Waals surface area contributed by atoms with Crippen molar-refractivity contribution in [2.45, 2.75) is 13.3 Å². The first kappa shape index (κ1) is 7.72. The molecule has 0 spiro atoms. The Bertz CT molecular complexity index is 154. The molecule has 0 aliphatic heterocycles. The summed E-state index contributed by atoms with van der Waals surface area (Å²) in [6.45, 7) is 1.87. The molecule has 9 heavy (non-hydrogen) atoms. The summed E-state index contributed by atoms with van der Waals surface area (Å²) < 4.78 is 0. The molecule has 0 bridgehead atoms. The van der Waals surface area contributed by atoms with Crippen LogP contribution in [0.5, 0.6) is 0 Å². The lowest BCUT2D eigenvalue weighted by molar-refractivity contribution is 0.862. The smallest absolute Gasteiger partial charge is 0.136 e. The Morgan fingerprint density at radius 2 is 2.00 bits per heavy atom. The van der Waals surface area contributed by atoms with Crippen LogP contribution in [-0.4, -0.2) is 0 Å². The van der Waals surface area contributed by atoms with E-state index >= 15 is 0 Å². The van der Waals surface area contributed by atoms with Crippen molar-refractivity contribution in [3.63, 3.8) is 0 Å². The molecular weight excluding hydrogens is 112 g/mol. The third-order valence-corrected chi connectivity index (χ3v) is 0.919. The van der Waals surface area contributed by atoms with Gasteiger partial charge in [-0.05, 0) is 13.3 Å². The van der Waals surface area contributed by atoms with E-state index in [-0.39, 0.29) is 0 Å². The minimum atomic E-state index is -0.471. The van der Waals surface area contributed by atoms with Crippen LogP contribution in [0.25, 0.3) is 0 Å². The van der Waals surface area contributed by atoms with Crippen LogP contribution in [0.3, 0.4) is 0 Å². The fraction of sp³-hybridized carbons (Fsp3) is 0.429. The van der Waals surface area contributed by atoms with Crippen molar-refractivity contribution in [1.29, 1.82) is 10.5 Å². The van der Waals surface area contributed by atoms with E-state index in [4.69, 9.17) is 10.5 Å². The summed E-state index contributed by atoms with van der Waals surface area (Å²) in [5.41, 5.74) is 0. The maximum Gasteiger partial charge on any atom is 0.136 e. The zero-order valence-electron chi connectivity index (χ0n) is 5.33. The molecule has 0 saturated carbocycles. The fourth-order valence-corrected chi connectivity index (χ4v) is 0.406. The van der Waals surface area contributed by atoms with Crippen LogP contribution in [0.2, 0.25) is 0 Å². The van der Waals surface area contributed by atoms with Gasteiger partial charge in [0, 0.05) is 0 Å². The van der Waals surface area contributed by atoms with Gasteiger partial charge in [0.25, 0.3) is 0 Å². The predicted molar refractivity (Wildman–Crippen MR) is 34.1 cm³/mol. The molecule has 0 aliphatic carbocycles. The Labute approximate surface area is 55.0 Å².